The summed E-state index contributed by atoms with van der Waals surface area (Å²) in [5.74, 6) is 1.72. The molecule has 0 aromatic rings. The Hall–Kier alpha value is -0.570. The number of nitrogens with two attached hydrogens (primary N) is 1. The number of aliphatic imine (C=N–C) groups is 1. The average molecular weight is 153 g/mol. The standard InChI is InChI=1S/C8H15N3/c9-7-3-1-2-6(7)8-10-4-5-11-8/h6-7H,1-5,9H2,(H,10,11). The molecule has 1 aliphatic heterocycles. The first-order valence-corrected chi connectivity index (χ1v) is 4.42. The molecular formula is C8H15N3. The number of hydrogen-bond acceptors (Lipinski definition) is 3. The third kappa shape index (κ3) is 1.25. The molecule has 0 saturated heterocycles. The normalized spacial score (nSPS) is 37.0. The third-order valence-electron chi connectivity index (χ3n) is 2.62. The molecule has 0 spiro atoms. The Bertz CT molecular complexity index is 176. The quantitative estimate of drug-likeness (QED) is 0.562. The molecule has 0 amide bonds. The molecule has 0 bridgehead atoms. The van der Waals surface area contributed by atoms with Crippen LogP contribution >= 0.6 is 0 Å². The molecule has 62 valence electrons. The van der Waals surface area contributed by atoms with E-state index in [-0.39, 0.29) is 0 Å². The van der Waals surface area contributed by atoms with Gasteiger partial charge in [-0.2, -0.15) is 0 Å². The highest BCUT2D eigenvalue weighted by atomic mass is 15.1. The van der Waals surface area contributed by atoms with E-state index in [4.69, 9.17) is 5.73 Å². The maximum atomic E-state index is 5.94. The van der Waals surface area contributed by atoms with Crippen LogP contribution in [0.5, 0.6) is 0 Å². The van der Waals surface area contributed by atoms with Crippen LogP contribution in [0.15, 0.2) is 4.99 Å². The minimum absolute atomic E-state index is 0.361. The number of rotatable bonds is 1. The van der Waals surface area contributed by atoms with E-state index in [0.29, 0.717) is 12.0 Å². The summed E-state index contributed by atoms with van der Waals surface area (Å²) in [6, 6.07) is 0.361. The summed E-state index contributed by atoms with van der Waals surface area (Å²) < 4.78 is 0. The molecule has 1 fully saturated rings. The van der Waals surface area contributed by atoms with Gasteiger partial charge in [-0.15, -0.1) is 0 Å². The van der Waals surface area contributed by atoms with Gasteiger partial charge in [0.25, 0.3) is 0 Å². The van der Waals surface area contributed by atoms with E-state index in [9.17, 15) is 0 Å². The van der Waals surface area contributed by atoms with Gasteiger partial charge in [-0.1, -0.05) is 6.42 Å². The summed E-state index contributed by atoms with van der Waals surface area (Å²) in [7, 11) is 0. The highest BCUT2D eigenvalue weighted by Crippen LogP contribution is 2.25. The largest absolute Gasteiger partial charge is 0.372 e. The van der Waals surface area contributed by atoms with Gasteiger partial charge in [0.2, 0.25) is 0 Å². The smallest absolute Gasteiger partial charge is 0.101 e. The summed E-state index contributed by atoms with van der Waals surface area (Å²) in [6.45, 7) is 1.96. The fourth-order valence-electron chi connectivity index (χ4n) is 1.99. The summed E-state index contributed by atoms with van der Waals surface area (Å²) in [5.41, 5.74) is 5.94. The Morgan fingerprint density at radius 3 is 2.91 bits per heavy atom. The first kappa shape index (κ1) is 7.10. The second-order valence-corrected chi connectivity index (χ2v) is 3.39. The number of amidine groups is 1. The highest BCUT2D eigenvalue weighted by Gasteiger charge is 2.29. The lowest BCUT2D eigenvalue weighted by molar-refractivity contribution is 0.602. The Morgan fingerprint density at radius 2 is 2.36 bits per heavy atom. The zero-order valence-corrected chi connectivity index (χ0v) is 6.71. The molecule has 0 aromatic heterocycles. The second kappa shape index (κ2) is 2.81. The average Bonchev–Trinajstić information content (AvgIpc) is 2.55. The molecule has 3 N–H and O–H groups in total. The summed E-state index contributed by atoms with van der Waals surface area (Å²) in [5, 5.41) is 3.30. The number of nitrogens with one attached hydrogen (secondary N) is 1. The molecule has 11 heavy (non-hydrogen) atoms. The molecule has 1 saturated carbocycles. The zero-order chi connectivity index (χ0) is 7.68. The summed E-state index contributed by atoms with van der Waals surface area (Å²) in [4.78, 5) is 4.39. The fourth-order valence-corrected chi connectivity index (χ4v) is 1.99. The van der Waals surface area contributed by atoms with Gasteiger partial charge in [-0.05, 0) is 12.8 Å². The molecule has 2 atom stereocenters. The molecule has 0 aromatic carbocycles. The molecule has 2 aliphatic rings. The van der Waals surface area contributed by atoms with Crippen molar-refractivity contribution in [3.8, 4) is 0 Å². The molecule has 3 heteroatoms. The molecule has 0 radical (unpaired) electrons. The van der Waals surface area contributed by atoms with E-state index < -0.39 is 0 Å². The molecule has 2 unspecified atom stereocenters. The van der Waals surface area contributed by atoms with Crippen molar-refractivity contribution in [1.29, 1.82) is 0 Å². The van der Waals surface area contributed by atoms with Crippen LogP contribution in [-0.2, 0) is 0 Å². The van der Waals surface area contributed by atoms with Crippen molar-refractivity contribution >= 4 is 5.84 Å². The Balaban J connectivity index is 2.03. The minimum Gasteiger partial charge on any atom is -0.372 e. The van der Waals surface area contributed by atoms with E-state index in [1.165, 1.54) is 25.1 Å². The topological polar surface area (TPSA) is 50.4 Å². The first-order valence-electron chi connectivity index (χ1n) is 4.42. The van der Waals surface area contributed by atoms with E-state index in [1.807, 2.05) is 0 Å². The van der Waals surface area contributed by atoms with Crippen LogP contribution in [0.1, 0.15) is 19.3 Å². The SMILES string of the molecule is NC1CCCC1C1=NCCN1. The van der Waals surface area contributed by atoms with Gasteiger partial charge in [0.1, 0.15) is 5.84 Å². The second-order valence-electron chi connectivity index (χ2n) is 3.39. The summed E-state index contributed by atoms with van der Waals surface area (Å²) >= 11 is 0. The van der Waals surface area contributed by atoms with Gasteiger partial charge < -0.3 is 11.1 Å². The molecule has 1 aliphatic carbocycles. The predicted molar refractivity (Wildman–Crippen MR) is 45.6 cm³/mol. The summed E-state index contributed by atoms with van der Waals surface area (Å²) in [6.07, 6.45) is 3.67. The van der Waals surface area contributed by atoms with Crippen molar-refractivity contribution in [2.75, 3.05) is 13.1 Å². The van der Waals surface area contributed by atoms with Crippen LogP contribution in [0.3, 0.4) is 0 Å². The van der Waals surface area contributed by atoms with Gasteiger partial charge in [0.15, 0.2) is 0 Å². The predicted octanol–water partition coefficient (Wildman–Crippen LogP) is 0.115. The van der Waals surface area contributed by atoms with Crippen molar-refractivity contribution in [3.05, 3.63) is 0 Å². The van der Waals surface area contributed by atoms with Crippen LogP contribution < -0.4 is 11.1 Å². The van der Waals surface area contributed by atoms with Crippen molar-refractivity contribution < 1.29 is 0 Å². The van der Waals surface area contributed by atoms with Crippen LogP contribution in [-0.4, -0.2) is 25.0 Å². The van der Waals surface area contributed by atoms with E-state index in [1.54, 1.807) is 0 Å². The number of nitrogens with zero attached hydrogens (tertiary/aromatic N) is 1. The lowest BCUT2D eigenvalue weighted by atomic mass is 10.0. The maximum Gasteiger partial charge on any atom is 0.101 e. The highest BCUT2D eigenvalue weighted by molar-refractivity contribution is 5.86. The van der Waals surface area contributed by atoms with Crippen LogP contribution in [0, 0.1) is 5.92 Å². The lowest BCUT2D eigenvalue weighted by Crippen LogP contribution is -2.36. The minimum atomic E-state index is 0.361. The monoisotopic (exact) mass is 153 g/mol. The molecule has 2 rings (SSSR count). The fraction of sp³-hybridized carbons (Fsp3) is 0.875. The number of hydrogen-bond donors (Lipinski definition) is 2. The molecule has 1 heterocycles. The van der Waals surface area contributed by atoms with Crippen molar-refractivity contribution in [2.24, 2.45) is 16.6 Å². The third-order valence-corrected chi connectivity index (χ3v) is 2.62. The Kier molecular flexibility index (Phi) is 1.82. The van der Waals surface area contributed by atoms with Crippen molar-refractivity contribution in [3.63, 3.8) is 0 Å². The van der Waals surface area contributed by atoms with Gasteiger partial charge in [0.05, 0.1) is 6.54 Å². The van der Waals surface area contributed by atoms with Crippen molar-refractivity contribution in [1.82, 2.24) is 5.32 Å². The lowest BCUT2D eigenvalue weighted by Gasteiger charge is -2.15. The van der Waals surface area contributed by atoms with Gasteiger partial charge in [-0.3, -0.25) is 4.99 Å². The first-order chi connectivity index (χ1) is 5.38. The van der Waals surface area contributed by atoms with Crippen LogP contribution in [0.25, 0.3) is 0 Å². The van der Waals surface area contributed by atoms with E-state index in [2.05, 4.69) is 10.3 Å². The molecular weight excluding hydrogens is 138 g/mol. The Labute approximate surface area is 67.1 Å². The van der Waals surface area contributed by atoms with E-state index in [0.717, 1.165) is 13.1 Å². The molecule has 3 nitrogen and oxygen atoms in total. The van der Waals surface area contributed by atoms with Crippen LogP contribution in [0.4, 0.5) is 0 Å². The van der Waals surface area contributed by atoms with Crippen molar-refractivity contribution in [2.45, 2.75) is 25.3 Å². The van der Waals surface area contributed by atoms with Gasteiger partial charge >= 0.3 is 0 Å². The van der Waals surface area contributed by atoms with Crippen LogP contribution in [0.2, 0.25) is 0 Å². The zero-order valence-electron chi connectivity index (χ0n) is 6.71. The maximum absolute atomic E-state index is 5.94. The van der Waals surface area contributed by atoms with Gasteiger partial charge in [-0.25, -0.2) is 0 Å². The Morgan fingerprint density at radius 1 is 1.45 bits per heavy atom. The van der Waals surface area contributed by atoms with E-state index >= 15 is 0 Å². The van der Waals surface area contributed by atoms with Gasteiger partial charge in [0, 0.05) is 18.5 Å².